The minimum Gasteiger partial charge on any atom is -0.493 e. The summed E-state index contributed by atoms with van der Waals surface area (Å²) in [6.07, 6.45) is 1.43. The van der Waals surface area contributed by atoms with Crippen molar-refractivity contribution in [2.24, 2.45) is 5.10 Å². The van der Waals surface area contributed by atoms with Gasteiger partial charge in [-0.05, 0) is 75.4 Å². The third kappa shape index (κ3) is 6.13. The molecule has 1 aromatic heterocycles. The number of benzene rings is 3. The molecule has 1 N–H and O–H groups in total. The molecule has 9 heteroatoms. The van der Waals surface area contributed by atoms with E-state index in [4.69, 9.17) is 14.2 Å². The van der Waals surface area contributed by atoms with E-state index >= 15 is 0 Å². The maximum absolute atomic E-state index is 13.4. The summed E-state index contributed by atoms with van der Waals surface area (Å²) in [6, 6.07) is 20.0. The number of hydrogen-bond acceptors (Lipinski definition) is 6. The molecule has 0 fully saturated rings. The van der Waals surface area contributed by atoms with Crippen LogP contribution >= 0.6 is 0 Å². The van der Waals surface area contributed by atoms with Crippen molar-refractivity contribution in [3.05, 3.63) is 95.4 Å². The second-order valence-electron chi connectivity index (χ2n) is 8.34. The number of carbonyl (C=O) groups excluding carboxylic acids is 1. The molecule has 0 aliphatic heterocycles. The lowest BCUT2D eigenvalue weighted by molar-refractivity contribution is 0.0954. The third-order valence-corrected chi connectivity index (χ3v) is 5.24. The average Bonchev–Trinajstić information content (AvgIpc) is 3.20. The van der Waals surface area contributed by atoms with E-state index in [9.17, 15) is 9.18 Å². The molecule has 0 aliphatic rings. The maximum atomic E-state index is 13.4. The topological polar surface area (TPSA) is 87.0 Å². The van der Waals surface area contributed by atoms with Crippen LogP contribution in [0.2, 0.25) is 0 Å². The molecule has 37 heavy (non-hydrogen) atoms. The fourth-order valence-corrected chi connectivity index (χ4v) is 3.50. The van der Waals surface area contributed by atoms with Crippen LogP contribution in [0.25, 0.3) is 5.69 Å². The van der Waals surface area contributed by atoms with E-state index in [2.05, 4.69) is 15.6 Å². The molecule has 0 atom stereocenters. The van der Waals surface area contributed by atoms with Gasteiger partial charge in [0.15, 0.2) is 11.5 Å². The van der Waals surface area contributed by atoms with Gasteiger partial charge in [0.05, 0.1) is 36.4 Å². The number of nitrogens with one attached hydrogen (secondary N) is 1. The molecule has 4 rings (SSSR count). The number of aromatic nitrogens is 2. The standard InChI is InChI=1S/C28H27FN4O4/c1-18(2)36-25-15-10-20(16-26(25)35-4)27(34)31-30-17-24-19(3)32-33(22-8-6-5-7-9-22)28(24)37-23-13-11-21(29)12-14-23/h5-18H,1-4H3,(H,31,34). The van der Waals surface area contributed by atoms with Crippen LogP contribution in [0.15, 0.2) is 77.9 Å². The summed E-state index contributed by atoms with van der Waals surface area (Å²) in [7, 11) is 1.51. The Hall–Kier alpha value is -4.66. The molecule has 0 spiro atoms. The Kier molecular flexibility index (Phi) is 7.83. The number of nitrogens with zero attached hydrogens (tertiary/aromatic N) is 3. The molecule has 0 bridgehead atoms. The fraction of sp³-hybridized carbons (Fsp3) is 0.179. The van der Waals surface area contributed by atoms with Crippen molar-refractivity contribution in [1.82, 2.24) is 15.2 Å². The van der Waals surface area contributed by atoms with E-state index in [1.807, 2.05) is 44.2 Å². The van der Waals surface area contributed by atoms with E-state index in [-0.39, 0.29) is 11.9 Å². The van der Waals surface area contributed by atoms with Crippen molar-refractivity contribution < 1.29 is 23.4 Å². The van der Waals surface area contributed by atoms with E-state index in [0.717, 1.165) is 5.69 Å². The van der Waals surface area contributed by atoms with Gasteiger partial charge in [-0.2, -0.15) is 14.9 Å². The van der Waals surface area contributed by atoms with Crippen LogP contribution < -0.4 is 19.6 Å². The molecule has 0 radical (unpaired) electrons. The zero-order chi connectivity index (χ0) is 26.4. The number of hydrogen-bond donors (Lipinski definition) is 1. The number of ether oxygens (including phenoxy) is 3. The number of halogens is 1. The molecule has 0 saturated heterocycles. The van der Waals surface area contributed by atoms with Crippen LogP contribution in [0.5, 0.6) is 23.1 Å². The number of aryl methyl sites for hydroxylation is 1. The SMILES string of the molecule is COc1cc(C(=O)NN=Cc2c(C)nn(-c3ccccc3)c2Oc2ccc(F)cc2)ccc1OC(C)C. The van der Waals surface area contributed by atoms with Crippen LogP contribution in [0.1, 0.15) is 35.5 Å². The van der Waals surface area contributed by atoms with E-state index in [1.165, 1.54) is 37.6 Å². The van der Waals surface area contributed by atoms with Crippen molar-refractivity contribution in [2.75, 3.05) is 7.11 Å². The van der Waals surface area contributed by atoms with E-state index < -0.39 is 5.91 Å². The lowest BCUT2D eigenvalue weighted by Crippen LogP contribution is -2.18. The highest BCUT2D eigenvalue weighted by Gasteiger charge is 2.18. The summed E-state index contributed by atoms with van der Waals surface area (Å²) in [5, 5.41) is 8.73. The second-order valence-corrected chi connectivity index (χ2v) is 8.34. The Morgan fingerprint density at radius 1 is 1.05 bits per heavy atom. The Morgan fingerprint density at radius 2 is 1.78 bits per heavy atom. The molecule has 0 unspecified atom stereocenters. The van der Waals surface area contributed by atoms with Gasteiger partial charge in [-0.25, -0.2) is 9.82 Å². The van der Waals surface area contributed by atoms with Gasteiger partial charge < -0.3 is 14.2 Å². The quantitative estimate of drug-likeness (QED) is 0.235. The van der Waals surface area contributed by atoms with Crippen molar-refractivity contribution >= 4 is 12.1 Å². The maximum Gasteiger partial charge on any atom is 0.271 e. The predicted molar refractivity (Wildman–Crippen MR) is 139 cm³/mol. The van der Waals surface area contributed by atoms with Gasteiger partial charge in [-0.1, -0.05) is 18.2 Å². The zero-order valence-electron chi connectivity index (χ0n) is 20.9. The molecule has 0 aliphatic carbocycles. The highest BCUT2D eigenvalue weighted by atomic mass is 19.1. The molecule has 4 aromatic rings. The molecule has 3 aromatic carbocycles. The van der Waals surface area contributed by atoms with Gasteiger partial charge in [0, 0.05) is 5.56 Å². The first-order chi connectivity index (χ1) is 17.9. The first-order valence-corrected chi connectivity index (χ1v) is 11.6. The normalized spacial score (nSPS) is 11.1. The molecular weight excluding hydrogens is 475 g/mol. The molecule has 1 heterocycles. The fourth-order valence-electron chi connectivity index (χ4n) is 3.50. The monoisotopic (exact) mass is 502 g/mol. The number of hydrazone groups is 1. The first-order valence-electron chi connectivity index (χ1n) is 11.6. The summed E-state index contributed by atoms with van der Waals surface area (Å²) < 4.78 is 32.2. The zero-order valence-corrected chi connectivity index (χ0v) is 20.9. The van der Waals surface area contributed by atoms with Gasteiger partial charge in [0.1, 0.15) is 11.6 Å². The first kappa shape index (κ1) is 25.4. The minimum atomic E-state index is -0.431. The highest BCUT2D eigenvalue weighted by Crippen LogP contribution is 2.30. The van der Waals surface area contributed by atoms with Gasteiger partial charge in [-0.3, -0.25) is 4.79 Å². The summed E-state index contributed by atoms with van der Waals surface area (Å²) in [5.74, 6) is 0.979. The van der Waals surface area contributed by atoms with Crippen LogP contribution in [0.3, 0.4) is 0 Å². The Morgan fingerprint density at radius 3 is 2.46 bits per heavy atom. The van der Waals surface area contributed by atoms with Crippen molar-refractivity contribution in [3.63, 3.8) is 0 Å². The molecule has 1 amide bonds. The second kappa shape index (κ2) is 11.4. The van der Waals surface area contributed by atoms with Crippen LogP contribution in [0.4, 0.5) is 4.39 Å². The Bertz CT molecular complexity index is 1400. The van der Waals surface area contributed by atoms with Crippen LogP contribution in [0, 0.1) is 12.7 Å². The van der Waals surface area contributed by atoms with E-state index in [1.54, 1.807) is 29.8 Å². The van der Waals surface area contributed by atoms with Crippen LogP contribution in [-0.2, 0) is 0 Å². The van der Waals surface area contributed by atoms with Crippen molar-refractivity contribution in [3.8, 4) is 28.8 Å². The molecule has 190 valence electrons. The van der Waals surface area contributed by atoms with Gasteiger partial charge in [-0.15, -0.1) is 0 Å². The lowest BCUT2D eigenvalue weighted by Gasteiger charge is -2.14. The Balaban J connectivity index is 1.60. The summed E-state index contributed by atoms with van der Waals surface area (Å²) >= 11 is 0. The minimum absolute atomic E-state index is 0.0375. The van der Waals surface area contributed by atoms with Crippen molar-refractivity contribution in [2.45, 2.75) is 26.9 Å². The summed E-state index contributed by atoms with van der Waals surface area (Å²) in [6.45, 7) is 5.62. The smallest absolute Gasteiger partial charge is 0.271 e. The number of rotatable bonds is 9. The number of para-hydroxylation sites is 1. The molecular formula is C28H27FN4O4. The van der Waals surface area contributed by atoms with Crippen molar-refractivity contribution in [1.29, 1.82) is 0 Å². The van der Waals surface area contributed by atoms with Gasteiger partial charge in [0.2, 0.25) is 5.88 Å². The summed E-state index contributed by atoms with van der Waals surface area (Å²) in [4.78, 5) is 12.7. The predicted octanol–water partition coefficient (Wildman–Crippen LogP) is 5.67. The third-order valence-electron chi connectivity index (χ3n) is 5.24. The number of amides is 1. The highest BCUT2D eigenvalue weighted by molar-refractivity contribution is 5.95. The number of methoxy groups -OCH3 is 1. The summed E-state index contributed by atoms with van der Waals surface area (Å²) in [5.41, 5.74) is 4.81. The Labute approximate surface area is 214 Å². The van der Waals surface area contributed by atoms with Gasteiger partial charge >= 0.3 is 0 Å². The molecule has 0 saturated carbocycles. The lowest BCUT2D eigenvalue weighted by atomic mass is 10.2. The van der Waals surface area contributed by atoms with Crippen LogP contribution in [-0.4, -0.2) is 35.1 Å². The largest absolute Gasteiger partial charge is 0.493 e. The number of carbonyl (C=O) groups is 1. The van der Waals surface area contributed by atoms with E-state index in [0.29, 0.717) is 39.9 Å². The average molecular weight is 503 g/mol. The van der Waals surface area contributed by atoms with Gasteiger partial charge in [0.25, 0.3) is 5.91 Å². The molecule has 8 nitrogen and oxygen atoms in total.